The Hall–Kier alpha value is -0.200. The van der Waals surface area contributed by atoms with E-state index < -0.39 is 11.3 Å². The molecule has 5 nitrogen and oxygen atoms in total. The summed E-state index contributed by atoms with van der Waals surface area (Å²) in [6, 6.07) is 0. The largest absolute Gasteiger partial charge is 0.771 e. The quantitative estimate of drug-likeness (QED) is 0.524. The first kappa shape index (κ1) is 14.8. The van der Waals surface area contributed by atoms with Crippen LogP contribution in [0.3, 0.4) is 0 Å². The Kier molecular flexibility index (Phi) is 4.69. The van der Waals surface area contributed by atoms with Crippen LogP contribution in [0.2, 0.25) is 0 Å². The van der Waals surface area contributed by atoms with Crippen molar-refractivity contribution in [1.82, 2.24) is 10.3 Å². The summed E-state index contributed by atoms with van der Waals surface area (Å²) >= 11 is 0. The highest BCUT2D eigenvalue weighted by Crippen LogP contribution is 2.29. The van der Waals surface area contributed by atoms with Crippen LogP contribution in [-0.4, -0.2) is 28.7 Å². The molecular formula is C10H23N3O2-2. The van der Waals surface area contributed by atoms with Crippen LogP contribution in [0.15, 0.2) is 0 Å². The van der Waals surface area contributed by atoms with Crippen molar-refractivity contribution in [1.29, 1.82) is 0 Å². The standard InChI is InChI=1S/C10H23N3O2/c1-8(2)9(3,4)15-10(5,6)13(14)12(7)11/h8,11H,1-7H3/q-2. The molecule has 0 aliphatic heterocycles. The van der Waals surface area contributed by atoms with Gasteiger partial charge < -0.3 is 26.1 Å². The van der Waals surface area contributed by atoms with E-state index in [1.54, 1.807) is 13.8 Å². The first-order valence-corrected chi connectivity index (χ1v) is 5.13. The maximum Gasteiger partial charge on any atom is 0.116 e. The van der Waals surface area contributed by atoms with Crippen molar-refractivity contribution < 1.29 is 4.74 Å². The Morgan fingerprint density at radius 2 is 1.60 bits per heavy atom. The van der Waals surface area contributed by atoms with E-state index in [1.807, 2.05) is 27.7 Å². The van der Waals surface area contributed by atoms with E-state index in [2.05, 4.69) is 0 Å². The van der Waals surface area contributed by atoms with E-state index in [-0.39, 0.29) is 0 Å². The molecule has 0 aliphatic carbocycles. The summed E-state index contributed by atoms with van der Waals surface area (Å²) in [7, 11) is 1.38. The average Bonchev–Trinajstić information content (AvgIpc) is 2.00. The first-order valence-electron chi connectivity index (χ1n) is 5.13. The molecule has 1 N–H and O–H groups in total. The van der Waals surface area contributed by atoms with Crippen molar-refractivity contribution >= 4 is 0 Å². The second kappa shape index (κ2) is 4.76. The molecule has 0 spiro atoms. The van der Waals surface area contributed by atoms with Gasteiger partial charge in [0, 0.05) is 0 Å². The van der Waals surface area contributed by atoms with Crippen molar-refractivity contribution in [2.45, 2.75) is 52.9 Å². The summed E-state index contributed by atoms with van der Waals surface area (Å²) in [6.07, 6.45) is 0. The van der Waals surface area contributed by atoms with Gasteiger partial charge in [0.25, 0.3) is 0 Å². The van der Waals surface area contributed by atoms with Gasteiger partial charge in [0.2, 0.25) is 0 Å². The number of nitrogens with zero attached hydrogens (tertiary/aromatic N) is 2. The lowest BCUT2D eigenvalue weighted by Gasteiger charge is -2.54. The summed E-state index contributed by atoms with van der Waals surface area (Å²) in [5, 5.41) is 12.8. The molecule has 0 heterocycles. The zero-order valence-corrected chi connectivity index (χ0v) is 10.8. The monoisotopic (exact) mass is 217 g/mol. The topological polar surface area (TPSA) is 62.6 Å². The molecule has 5 heteroatoms. The highest BCUT2D eigenvalue weighted by molar-refractivity contribution is 4.80. The van der Waals surface area contributed by atoms with Gasteiger partial charge in [-0.05, 0) is 40.7 Å². The Morgan fingerprint density at radius 1 is 1.20 bits per heavy atom. The molecule has 92 valence electrons. The number of hydrogen-bond donors (Lipinski definition) is 0. The Bertz CT molecular complexity index is 203. The third-order valence-corrected chi connectivity index (χ3v) is 2.64. The Balaban J connectivity index is 4.63. The zero-order valence-electron chi connectivity index (χ0n) is 10.8. The fraction of sp³-hybridized carbons (Fsp3) is 1.00. The lowest BCUT2D eigenvalue weighted by molar-refractivity contribution is -0.237. The van der Waals surface area contributed by atoms with Crippen molar-refractivity contribution in [3.63, 3.8) is 0 Å². The molecule has 0 unspecified atom stereocenters. The molecule has 0 amide bonds. The maximum absolute atomic E-state index is 11.6. The number of ether oxygens (including phenoxy) is 1. The van der Waals surface area contributed by atoms with E-state index in [0.29, 0.717) is 11.1 Å². The molecule has 15 heavy (non-hydrogen) atoms. The van der Waals surface area contributed by atoms with E-state index in [4.69, 9.17) is 10.6 Å². The van der Waals surface area contributed by atoms with Crippen molar-refractivity contribution in [3.8, 4) is 0 Å². The normalized spacial score (nSPS) is 14.4. The molecule has 0 rings (SSSR count). The van der Waals surface area contributed by atoms with Crippen LogP contribution in [0.5, 0.6) is 0 Å². The summed E-state index contributed by atoms with van der Waals surface area (Å²) in [6.45, 7) is 11.3. The van der Waals surface area contributed by atoms with Crippen LogP contribution >= 0.6 is 0 Å². The molecule has 0 saturated carbocycles. The fourth-order valence-electron chi connectivity index (χ4n) is 1.16. The van der Waals surface area contributed by atoms with Crippen LogP contribution < -0.4 is 0 Å². The number of nitrogens with one attached hydrogen (secondary N) is 1. The third kappa shape index (κ3) is 4.04. The molecule has 0 aromatic carbocycles. The molecule has 0 bridgehead atoms. The van der Waals surface area contributed by atoms with Crippen molar-refractivity contribution in [2.75, 3.05) is 7.05 Å². The zero-order chi connectivity index (χ0) is 12.4. The number of hydrogen-bond acceptors (Lipinski definition) is 4. The van der Waals surface area contributed by atoms with Crippen LogP contribution in [0.1, 0.15) is 41.5 Å². The van der Waals surface area contributed by atoms with Gasteiger partial charge in [0.05, 0.1) is 5.60 Å². The smallest absolute Gasteiger partial charge is 0.116 e. The van der Waals surface area contributed by atoms with Crippen LogP contribution in [-0.2, 0) is 4.74 Å². The van der Waals surface area contributed by atoms with Gasteiger partial charge in [-0.3, -0.25) is 0 Å². The predicted octanol–water partition coefficient (Wildman–Crippen LogP) is 2.79. The molecule has 0 radical (unpaired) electrons. The van der Waals surface area contributed by atoms with Gasteiger partial charge >= 0.3 is 0 Å². The second-order valence-electron chi connectivity index (χ2n) is 5.10. The highest BCUT2D eigenvalue weighted by Gasteiger charge is 2.32. The molecule has 0 aromatic heterocycles. The van der Waals surface area contributed by atoms with Gasteiger partial charge in [0.15, 0.2) is 0 Å². The minimum Gasteiger partial charge on any atom is -0.771 e. The van der Waals surface area contributed by atoms with Gasteiger partial charge in [-0.2, -0.15) is 0 Å². The lowest BCUT2D eigenvalue weighted by Crippen LogP contribution is -2.53. The van der Waals surface area contributed by atoms with Crippen LogP contribution in [0, 0.1) is 11.1 Å². The van der Waals surface area contributed by atoms with Crippen molar-refractivity contribution in [3.05, 3.63) is 11.0 Å². The molecule has 0 fully saturated rings. The van der Waals surface area contributed by atoms with E-state index in [1.165, 1.54) is 7.05 Å². The number of hydroxylamine groups is 1. The number of hydrazine groups is 1. The Morgan fingerprint density at radius 3 is 1.87 bits per heavy atom. The van der Waals surface area contributed by atoms with Gasteiger partial charge in [-0.1, -0.05) is 13.8 Å². The third-order valence-electron chi connectivity index (χ3n) is 2.64. The molecule has 0 atom stereocenters. The summed E-state index contributed by atoms with van der Waals surface area (Å²) in [4.78, 5) is 0. The summed E-state index contributed by atoms with van der Waals surface area (Å²) < 4.78 is 5.76. The summed E-state index contributed by atoms with van der Waals surface area (Å²) in [5.74, 6) is 7.51. The van der Waals surface area contributed by atoms with E-state index in [0.717, 1.165) is 5.12 Å². The van der Waals surface area contributed by atoms with Crippen LogP contribution in [0.25, 0.3) is 5.84 Å². The highest BCUT2D eigenvalue weighted by atomic mass is 16.6. The first-order chi connectivity index (χ1) is 6.50. The van der Waals surface area contributed by atoms with Crippen LogP contribution in [0.4, 0.5) is 0 Å². The average molecular weight is 217 g/mol. The minimum atomic E-state index is -1.04. The fourth-order valence-corrected chi connectivity index (χ4v) is 1.16. The molecule has 0 aromatic rings. The second-order valence-corrected chi connectivity index (χ2v) is 5.10. The number of rotatable bonds is 5. The minimum absolute atomic E-state index is 0.293. The van der Waals surface area contributed by atoms with Gasteiger partial charge in [-0.25, -0.2) is 0 Å². The lowest BCUT2D eigenvalue weighted by atomic mass is 9.94. The molecule has 0 aliphatic rings. The summed E-state index contributed by atoms with van der Waals surface area (Å²) in [5.41, 5.74) is -1.44. The molecular weight excluding hydrogens is 194 g/mol. The SMILES string of the molecule is CC(C)C(C)(C)OC(C)(C)N([O-])N(C)[NH-]. The Labute approximate surface area is 92.7 Å². The van der Waals surface area contributed by atoms with Crippen molar-refractivity contribution in [2.24, 2.45) is 5.92 Å². The van der Waals surface area contributed by atoms with Gasteiger partial charge in [-0.15, -0.1) is 0 Å². The maximum atomic E-state index is 11.6. The van der Waals surface area contributed by atoms with E-state index >= 15 is 0 Å². The molecule has 0 saturated heterocycles. The van der Waals surface area contributed by atoms with Gasteiger partial charge in [0.1, 0.15) is 5.72 Å². The predicted molar refractivity (Wildman–Crippen MR) is 61.4 cm³/mol. The van der Waals surface area contributed by atoms with E-state index in [9.17, 15) is 5.21 Å².